The van der Waals surface area contributed by atoms with Gasteiger partial charge in [0.25, 0.3) is 0 Å². The highest BCUT2D eigenvalue weighted by molar-refractivity contribution is 7.73. The van der Waals surface area contributed by atoms with Gasteiger partial charge in [-0.05, 0) is 35.4 Å². The van der Waals surface area contributed by atoms with Gasteiger partial charge >= 0.3 is 0 Å². The molecule has 1 heterocycles. The number of benzene rings is 3. The predicted molar refractivity (Wildman–Crippen MR) is 122 cm³/mol. The molecule has 1 aliphatic heterocycles. The van der Waals surface area contributed by atoms with Gasteiger partial charge in [0, 0.05) is 10.7 Å². The average molecular weight is 422 g/mol. The Morgan fingerprint density at radius 1 is 0.967 bits per heavy atom. The van der Waals surface area contributed by atoms with E-state index in [2.05, 4.69) is 0 Å². The van der Waals surface area contributed by atoms with E-state index in [0.717, 1.165) is 27.7 Å². The molecular formula is C25H27O4P. The highest BCUT2D eigenvalue weighted by Gasteiger charge is 2.48. The van der Waals surface area contributed by atoms with E-state index < -0.39 is 12.3 Å². The van der Waals surface area contributed by atoms with Crippen LogP contribution in [-0.4, -0.2) is 18.6 Å². The van der Waals surface area contributed by atoms with Crippen molar-refractivity contribution in [2.75, 3.05) is 13.5 Å². The second kappa shape index (κ2) is 7.85. The molecule has 3 aromatic rings. The Morgan fingerprint density at radius 2 is 1.67 bits per heavy atom. The van der Waals surface area contributed by atoms with Crippen LogP contribution in [0.3, 0.4) is 0 Å². The largest absolute Gasteiger partial charge is 0.497 e. The molecule has 0 spiro atoms. The fourth-order valence-corrected chi connectivity index (χ4v) is 6.15. The minimum Gasteiger partial charge on any atom is -0.497 e. The third-order valence-electron chi connectivity index (χ3n) is 5.57. The maximum absolute atomic E-state index is 14.1. The van der Waals surface area contributed by atoms with Crippen molar-refractivity contribution >= 4 is 12.4 Å². The van der Waals surface area contributed by atoms with Crippen LogP contribution in [0.1, 0.15) is 26.3 Å². The summed E-state index contributed by atoms with van der Waals surface area (Å²) in [6.45, 7) is 6.44. The van der Waals surface area contributed by atoms with Crippen molar-refractivity contribution in [1.29, 1.82) is 0 Å². The molecule has 0 aliphatic carbocycles. The highest BCUT2D eigenvalue weighted by Crippen LogP contribution is 2.64. The number of ether oxygens (including phenoxy) is 3. The van der Waals surface area contributed by atoms with Crippen LogP contribution in [0.5, 0.6) is 17.2 Å². The van der Waals surface area contributed by atoms with Crippen molar-refractivity contribution in [1.82, 2.24) is 0 Å². The number of fused-ring (bicyclic) bond motifs is 1. The van der Waals surface area contributed by atoms with E-state index in [9.17, 15) is 4.57 Å². The Morgan fingerprint density at radius 3 is 2.30 bits per heavy atom. The zero-order valence-corrected chi connectivity index (χ0v) is 18.7. The molecule has 3 aromatic carbocycles. The first-order chi connectivity index (χ1) is 14.3. The van der Waals surface area contributed by atoms with E-state index in [4.69, 9.17) is 14.2 Å². The smallest absolute Gasteiger partial charge is 0.163 e. The van der Waals surface area contributed by atoms with E-state index >= 15 is 0 Å². The third kappa shape index (κ3) is 3.61. The summed E-state index contributed by atoms with van der Waals surface area (Å²) in [5.74, 6) is 2.10. The predicted octanol–water partition coefficient (Wildman–Crippen LogP) is 6.08. The van der Waals surface area contributed by atoms with Gasteiger partial charge in [0.1, 0.15) is 30.2 Å². The number of rotatable bonds is 5. The number of methoxy groups -OCH3 is 1. The van der Waals surface area contributed by atoms with E-state index in [1.165, 1.54) is 0 Å². The Balaban J connectivity index is 1.80. The summed E-state index contributed by atoms with van der Waals surface area (Å²) in [5.41, 5.74) is 2.97. The lowest BCUT2D eigenvalue weighted by Crippen LogP contribution is -2.23. The van der Waals surface area contributed by atoms with Crippen molar-refractivity contribution < 1.29 is 18.8 Å². The fraction of sp³-hybridized carbons (Fsp3) is 0.280. The van der Waals surface area contributed by atoms with Gasteiger partial charge in [0.05, 0.1) is 12.4 Å². The molecule has 30 heavy (non-hydrogen) atoms. The van der Waals surface area contributed by atoms with E-state index in [1.807, 2.05) is 87.5 Å². The van der Waals surface area contributed by atoms with E-state index in [0.29, 0.717) is 18.1 Å². The minimum absolute atomic E-state index is 0.195. The van der Waals surface area contributed by atoms with Crippen molar-refractivity contribution in [3.63, 3.8) is 0 Å². The Hall–Kier alpha value is -2.71. The number of hydrogen-bond acceptors (Lipinski definition) is 4. The molecule has 0 radical (unpaired) electrons. The normalized spacial score (nSPS) is 17.9. The molecular weight excluding hydrogens is 395 g/mol. The lowest BCUT2D eigenvalue weighted by Gasteiger charge is -2.27. The van der Waals surface area contributed by atoms with Gasteiger partial charge in [0.15, 0.2) is 7.14 Å². The molecule has 4 nitrogen and oxygen atoms in total. The summed E-state index contributed by atoms with van der Waals surface area (Å²) in [7, 11) is -1.19. The van der Waals surface area contributed by atoms with Gasteiger partial charge in [-0.2, -0.15) is 0 Å². The van der Waals surface area contributed by atoms with Crippen LogP contribution in [0.4, 0.5) is 0 Å². The molecule has 156 valence electrons. The molecule has 4 rings (SSSR count). The van der Waals surface area contributed by atoms with Gasteiger partial charge in [-0.25, -0.2) is 0 Å². The van der Waals surface area contributed by atoms with Gasteiger partial charge in [-0.1, -0.05) is 63.2 Å². The monoisotopic (exact) mass is 422 g/mol. The molecule has 0 amide bonds. The maximum Gasteiger partial charge on any atom is 0.163 e. The number of hydrogen-bond donors (Lipinski definition) is 0. The molecule has 5 heteroatoms. The molecule has 0 saturated carbocycles. The second-order valence-corrected chi connectivity index (χ2v) is 12.0. The van der Waals surface area contributed by atoms with Crippen molar-refractivity contribution in [2.45, 2.75) is 32.5 Å². The van der Waals surface area contributed by atoms with Crippen LogP contribution in [0.15, 0.2) is 66.7 Å². The van der Waals surface area contributed by atoms with Crippen molar-refractivity contribution in [2.24, 2.45) is 0 Å². The molecule has 0 aromatic heterocycles. The van der Waals surface area contributed by atoms with Gasteiger partial charge in [0.2, 0.25) is 0 Å². The van der Waals surface area contributed by atoms with Crippen LogP contribution in [0.25, 0.3) is 11.1 Å². The van der Waals surface area contributed by atoms with Gasteiger partial charge in [-0.15, -0.1) is 0 Å². The van der Waals surface area contributed by atoms with Crippen LogP contribution in [0.2, 0.25) is 0 Å². The molecule has 0 fully saturated rings. The van der Waals surface area contributed by atoms with Crippen LogP contribution in [0, 0.1) is 0 Å². The van der Waals surface area contributed by atoms with E-state index in [-0.39, 0.29) is 6.35 Å². The van der Waals surface area contributed by atoms with Crippen molar-refractivity contribution in [3.8, 4) is 28.4 Å². The quantitative estimate of drug-likeness (QED) is 0.468. The molecule has 1 atom stereocenters. The van der Waals surface area contributed by atoms with Crippen LogP contribution < -0.4 is 19.5 Å². The minimum atomic E-state index is -2.84. The zero-order chi connectivity index (χ0) is 21.4. The average Bonchev–Trinajstić information content (AvgIpc) is 3.12. The summed E-state index contributed by atoms with van der Waals surface area (Å²) in [5, 5.41) is 0.293. The van der Waals surface area contributed by atoms with Crippen LogP contribution >= 0.6 is 7.14 Å². The first-order valence-corrected chi connectivity index (χ1v) is 11.9. The lowest BCUT2D eigenvalue weighted by atomic mass is 10.0. The first-order valence-electron chi connectivity index (χ1n) is 10.0. The maximum atomic E-state index is 14.1. The third-order valence-corrected chi connectivity index (χ3v) is 9.37. The highest BCUT2D eigenvalue weighted by atomic mass is 31.2. The molecule has 0 N–H and O–H groups in total. The Kier molecular flexibility index (Phi) is 5.38. The van der Waals surface area contributed by atoms with Gasteiger partial charge < -0.3 is 18.8 Å². The molecule has 0 unspecified atom stereocenters. The standard InChI is InChI=1S/C25H27O4P/c1-25(2,3)30(26)17-29-23-21(19-10-12-20(27-4)13-11-19)14-15-22(24(23)30)28-16-18-8-6-5-7-9-18/h5-15H,16-17H2,1-4H3/t30-/m1/s1. The first kappa shape index (κ1) is 20.6. The summed E-state index contributed by atoms with van der Waals surface area (Å²) in [6, 6.07) is 21.7. The summed E-state index contributed by atoms with van der Waals surface area (Å²) < 4.78 is 31.7. The SMILES string of the molecule is COc1ccc(-c2ccc(OCc3ccccc3)c3c2OC[P@]3(=O)C(C)(C)C)cc1. The topological polar surface area (TPSA) is 44.8 Å². The lowest BCUT2D eigenvalue weighted by molar-refractivity contribution is 0.308. The summed E-state index contributed by atoms with van der Waals surface area (Å²) in [6.07, 6.45) is 0.195. The van der Waals surface area contributed by atoms with Gasteiger partial charge in [-0.3, -0.25) is 0 Å². The molecule has 0 saturated heterocycles. The molecule has 1 aliphatic rings. The Labute approximate surface area is 178 Å². The second-order valence-electron chi connectivity index (χ2n) is 8.48. The van der Waals surface area contributed by atoms with E-state index in [1.54, 1.807) is 7.11 Å². The fourth-order valence-electron chi connectivity index (χ4n) is 3.64. The zero-order valence-electron chi connectivity index (χ0n) is 17.8. The van der Waals surface area contributed by atoms with Crippen molar-refractivity contribution in [3.05, 3.63) is 72.3 Å². The molecule has 0 bridgehead atoms. The summed E-state index contributed by atoms with van der Waals surface area (Å²) >= 11 is 0. The Bertz CT molecular complexity index is 1080. The van der Waals surface area contributed by atoms with Crippen LogP contribution in [-0.2, 0) is 11.2 Å². The summed E-state index contributed by atoms with van der Waals surface area (Å²) in [4.78, 5) is 0.